The quantitative estimate of drug-likeness (QED) is 0.661. The first-order valence-electron chi connectivity index (χ1n) is 11.1. The number of hydrazine groups is 1. The summed E-state index contributed by atoms with van der Waals surface area (Å²) >= 11 is 6.64. The molecule has 1 aromatic rings. The maximum atomic E-state index is 12.9. The molecule has 6 unspecified atom stereocenters. The van der Waals surface area contributed by atoms with Gasteiger partial charge in [-0.15, -0.1) is 0 Å². The Bertz CT molecular complexity index is 805. The minimum Gasteiger partial charge on any atom is -0.493 e. The Morgan fingerprint density at radius 1 is 1.23 bits per heavy atom. The summed E-state index contributed by atoms with van der Waals surface area (Å²) in [5.41, 5.74) is 4.37. The molecule has 4 fully saturated rings. The van der Waals surface area contributed by atoms with Crippen LogP contribution in [0.3, 0.4) is 0 Å². The Morgan fingerprint density at radius 3 is 2.80 bits per heavy atom. The molecule has 1 amide bonds. The molecule has 6 atom stereocenters. The standard InChI is InChI=1S/C22H31ClN4O3/c1-12-19-21(20-16(24-22(19)28)8-9-18(25-20)29-2)27(26-12)17-10-14(6-7-15(17)23)30-11-13-4-3-5-13/h6-7,10,12-13,16,18-21,25-26H,3-5,8-9,11H2,1-2H3,(H,24,28). The van der Waals surface area contributed by atoms with Crippen molar-refractivity contribution >= 4 is 23.2 Å². The Kier molecular flexibility index (Phi) is 5.56. The van der Waals surface area contributed by atoms with Crippen LogP contribution in [0.5, 0.6) is 5.75 Å². The summed E-state index contributed by atoms with van der Waals surface area (Å²) in [5.74, 6) is 1.42. The largest absolute Gasteiger partial charge is 0.493 e. The highest BCUT2D eigenvalue weighted by Crippen LogP contribution is 2.40. The Balaban J connectivity index is 1.43. The number of amides is 1. The Labute approximate surface area is 182 Å². The number of ether oxygens (including phenoxy) is 2. The van der Waals surface area contributed by atoms with Crippen molar-refractivity contribution in [3.63, 3.8) is 0 Å². The molecular weight excluding hydrogens is 404 g/mol. The molecule has 1 saturated carbocycles. The number of halogens is 1. The number of piperidine rings is 2. The number of hydrogen-bond donors (Lipinski definition) is 3. The summed E-state index contributed by atoms with van der Waals surface area (Å²) < 4.78 is 11.6. The van der Waals surface area contributed by atoms with Crippen LogP contribution in [0.2, 0.25) is 5.02 Å². The van der Waals surface area contributed by atoms with Gasteiger partial charge < -0.3 is 19.8 Å². The summed E-state index contributed by atoms with van der Waals surface area (Å²) in [6.45, 7) is 2.81. The van der Waals surface area contributed by atoms with Crippen molar-refractivity contribution in [3.8, 4) is 5.75 Å². The molecule has 8 heteroatoms. The normalized spacial score (nSPS) is 36.0. The first-order valence-corrected chi connectivity index (χ1v) is 11.5. The molecule has 164 valence electrons. The molecule has 7 nitrogen and oxygen atoms in total. The van der Waals surface area contributed by atoms with Gasteiger partial charge in [0.1, 0.15) is 12.0 Å². The van der Waals surface area contributed by atoms with Crippen LogP contribution < -0.4 is 25.8 Å². The molecule has 0 aromatic heterocycles. The third kappa shape index (κ3) is 3.55. The van der Waals surface area contributed by atoms with E-state index in [1.165, 1.54) is 19.3 Å². The average Bonchev–Trinajstić information content (AvgIpc) is 3.06. The van der Waals surface area contributed by atoms with Crippen LogP contribution in [0, 0.1) is 11.8 Å². The summed E-state index contributed by atoms with van der Waals surface area (Å²) in [5, 5.41) is 9.58. The summed E-state index contributed by atoms with van der Waals surface area (Å²) in [4.78, 5) is 12.9. The van der Waals surface area contributed by atoms with Crippen molar-refractivity contribution in [3.05, 3.63) is 23.2 Å². The molecule has 3 saturated heterocycles. The molecule has 1 aromatic carbocycles. The highest BCUT2D eigenvalue weighted by molar-refractivity contribution is 6.33. The van der Waals surface area contributed by atoms with Gasteiger partial charge in [0.05, 0.1) is 35.3 Å². The molecule has 1 aliphatic carbocycles. The zero-order chi connectivity index (χ0) is 20.8. The van der Waals surface area contributed by atoms with Gasteiger partial charge in [0, 0.05) is 25.3 Å². The van der Waals surface area contributed by atoms with E-state index in [0.29, 0.717) is 10.9 Å². The first kappa shape index (κ1) is 20.4. The molecule has 3 N–H and O–H groups in total. The molecule has 3 heterocycles. The van der Waals surface area contributed by atoms with Gasteiger partial charge in [0.2, 0.25) is 5.91 Å². The zero-order valence-electron chi connectivity index (χ0n) is 17.6. The van der Waals surface area contributed by atoms with E-state index in [0.717, 1.165) is 30.9 Å². The van der Waals surface area contributed by atoms with Crippen molar-refractivity contribution in [1.82, 2.24) is 16.1 Å². The van der Waals surface area contributed by atoms with E-state index in [2.05, 4.69) is 28.0 Å². The van der Waals surface area contributed by atoms with Gasteiger partial charge in [-0.25, -0.2) is 5.43 Å². The number of nitrogens with one attached hydrogen (secondary N) is 3. The highest BCUT2D eigenvalue weighted by Gasteiger charge is 2.55. The monoisotopic (exact) mass is 434 g/mol. The van der Waals surface area contributed by atoms with Crippen LogP contribution >= 0.6 is 11.6 Å². The van der Waals surface area contributed by atoms with E-state index in [1.807, 2.05) is 18.2 Å². The molecule has 3 aliphatic heterocycles. The summed E-state index contributed by atoms with van der Waals surface area (Å²) in [6, 6.07) is 5.90. The Hall–Kier alpha value is -1.54. The van der Waals surface area contributed by atoms with Crippen molar-refractivity contribution in [1.29, 1.82) is 0 Å². The van der Waals surface area contributed by atoms with Gasteiger partial charge in [0.15, 0.2) is 0 Å². The topological polar surface area (TPSA) is 74.9 Å². The van der Waals surface area contributed by atoms with Gasteiger partial charge >= 0.3 is 0 Å². The maximum Gasteiger partial charge on any atom is 0.227 e. The number of benzene rings is 1. The number of carbonyl (C=O) groups excluding carboxylic acids is 1. The number of rotatable bonds is 5. The number of anilines is 1. The lowest BCUT2D eigenvalue weighted by Crippen LogP contribution is -2.71. The van der Waals surface area contributed by atoms with Crippen LogP contribution in [-0.4, -0.2) is 50.0 Å². The summed E-state index contributed by atoms with van der Waals surface area (Å²) in [7, 11) is 1.73. The number of methoxy groups -OCH3 is 1. The number of nitrogens with zero attached hydrogens (tertiary/aromatic N) is 1. The molecular formula is C22H31ClN4O3. The molecule has 4 aliphatic rings. The fourth-order valence-corrected chi connectivity index (χ4v) is 5.58. The van der Waals surface area contributed by atoms with Crippen LogP contribution in [0.1, 0.15) is 39.0 Å². The lowest BCUT2D eigenvalue weighted by atomic mass is 9.78. The Morgan fingerprint density at radius 2 is 2.07 bits per heavy atom. The third-order valence-corrected chi connectivity index (χ3v) is 7.59. The lowest BCUT2D eigenvalue weighted by Gasteiger charge is -2.47. The molecule has 0 spiro atoms. The van der Waals surface area contributed by atoms with Gasteiger partial charge in [-0.05, 0) is 50.7 Å². The van der Waals surface area contributed by atoms with Gasteiger partial charge in [0.25, 0.3) is 0 Å². The van der Waals surface area contributed by atoms with Crippen LogP contribution in [0.25, 0.3) is 0 Å². The van der Waals surface area contributed by atoms with Crippen LogP contribution in [0.15, 0.2) is 18.2 Å². The van der Waals surface area contributed by atoms with Crippen molar-refractivity contribution in [2.75, 3.05) is 18.7 Å². The van der Waals surface area contributed by atoms with E-state index < -0.39 is 0 Å². The smallest absolute Gasteiger partial charge is 0.227 e. The van der Waals surface area contributed by atoms with Crippen LogP contribution in [0.4, 0.5) is 5.69 Å². The average molecular weight is 435 g/mol. The van der Waals surface area contributed by atoms with E-state index in [9.17, 15) is 4.79 Å². The van der Waals surface area contributed by atoms with Gasteiger partial charge in [-0.3, -0.25) is 10.1 Å². The predicted octanol–water partition coefficient (Wildman–Crippen LogP) is 2.44. The lowest BCUT2D eigenvalue weighted by molar-refractivity contribution is -0.130. The molecule has 30 heavy (non-hydrogen) atoms. The predicted molar refractivity (Wildman–Crippen MR) is 116 cm³/mol. The van der Waals surface area contributed by atoms with Gasteiger partial charge in [-0.2, -0.15) is 0 Å². The maximum absolute atomic E-state index is 12.9. The first-order chi connectivity index (χ1) is 14.5. The summed E-state index contributed by atoms with van der Waals surface area (Å²) in [6.07, 6.45) is 5.57. The number of hydrogen-bond acceptors (Lipinski definition) is 6. The van der Waals surface area contributed by atoms with Crippen molar-refractivity contribution in [2.45, 2.75) is 69.4 Å². The second kappa shape index (κ2) is 8.19. The number of fused-ring (bicyclic) bond motifs is 3. The fourth-order valence-electron chi connectivity index (χ4n) is 5.37. The minimum absolute atomic E-state index is 0.00344. The van der Waals surface area contributed by atoms with Crippen molar-refractivity contribution in [2.24, 2.45) is 11.8 Å². The van der Waals surface area contributed by atoms with E-state index in [4.69, 9.17) is 21.1 Å². The molecule has 0 radical (unpaired) electrons. The van der Waals surface area contributed by atoms with Crippen LogP contribution in [-0.2, 0) is 9.53 Å². The van der Waals surface area contributed by atoms with Gasteiger partial charge in [-0.1, -0.05) is 18.0 Å². The SMILES string of the molecule is COC1CCC2NC(=O)C3C(C)NN(c4cc(OCC5CCC5)ccc4Cl)C3C2N1. The van der Waals surface area contributed by atoms with E-state index >= 15 is 0 Å². The highest BCUT2D eigenvalue weighted by atomic mass is 35.5. The third-order valence-electron chi connectivity index (χ3n) is 7.27. The number of carbonyl (C=O) groups is 1. The minimum atomic E-state index is -0.176. The molecule has 0 bridgehead atoms. The molecule has 5 rings (SSSR count). The second-order valence-electron chi connectivity index (χ2n) is 9.13. The van der Waals surface area contributed by atoms with Crippen molar-refractivity contribution < 1.29 is 14.3 Å². The second-order valence-corrected chi connectivity index (χ2v) is 9.54. The fraction of sp³-hybridized carbons (Fsp3) is 0.682. The zero-order valence-corrected chi connectivity index (χ0v) is 18.3. The van der Waals surface area contributed by atoms with E-state index in [1.54, 1.807) is 7.11 Å². The van der Waals surface area contributed by atoms with E-state index in [-0.39, 0.29) is 42.2 Å².